The molecule has 3 aromatic rings. The van der Waals surface area contributed by atoms with E-state index in [1.807, 2.05) is 89.8 Å². The minimum atomic E-state index is -0.0104. The Morgan fingerprint density at radius 2 is 1.39 bits per heavy atom. The molecule has 0 radical (unpaired) electrons. The Kier molecular flexibility index (Phi) is 5.45. The van der Waals surface area contributed by atoms with Crippen molar-refractivity contribution in [2.75, 3.05) is 18.0 Å². The second-order valence-corrected chi connectivity index (χ2v) is 7.16. The van der Waals surface area contributed by atoms with Gasteiger partial charge in [0.2, 0.25) is 0 Å². The summed E-state index contributed by atoms with van der Waals surface area (Å²) < 4.78 is 0. The Labute approximate surface area is 170 Å². The molecule has 140 valence electrons. The van der Waals surface area contributed by atoms with Crippen LogP contribution in [0, 0.1) is 0 Å². The maximum Gasteiger partial charge on any atom is 0.329 e. The van der Waals surface area contributed by atoms with Crippen LogP contribution in [-0.2, 0) is 0 Å². The first-order valence-electron chi connectivity index (χ1n) is 9.36. The summed E-state index contributed by atoms with van der Waals surface area (Å²) in [5.41, 5.74) is 4.16. The number of halogens is 1. The molecule has 3 nitrogen and oxygen atoms in total. The number of hydrogen-bond acceptors (Lipinski definition) is 1. The molecule has 4 heteroatoms. The largest absolute Gasteiger partial charge is 0.329 e. The van der Waals surface area contributed by atoms with E-state index in [1.165, 1.54) is 11.1 Å². The Morgan fingerprint density at radius 3 is 1.89 bits per heavy atom. The molecule has 0 aromatic heterocycles. The average Bonchev–Trinajstić information content (AvgIpc) is 2.76. The van der Waals surface area contributed by atoms with E-state index >= 15 is 0 Å². The molecule has 0 atom stereocenters. The fourth-order valence-electron chi connectivity index (χ4n) is 3.43. The summed E-state index contributed by atoms with van der Waals surface area (Å²) in [7, 11) is 0. The molecule has 0 N–H and O–H groups in total. The topological polar surface area (TPSA) is 23.6 Å². The minimum absolute atomic E-state index is 0.0104. The van der Waals surface area contributed by atoms with Gasteiger partial charge in [-0.25, -0.2) is 4.79 Å². The maximum absolute atomic E-state index is 13.4. The number of para-hydroxylation sites is 2. The quantitative estimate of drug-likeness (QED) is 0.510. The monoisotopic (exact) mass is 388 g/mol. The van der Waals surface area contributed by atoms with Gasteiger partial charge in [0, 0.05) is 18.1 Å². The SMILES string of the molecule is O=C(N1CC=C(c2ccc(Cl)cc2)CC1)N(c1ccccc1)c1ccccc1. The number of hydrogen-bond donors (Lipinski definition) is 0. The molecule has 0 saturated heterocycles. The molecule has 0 spiro atoms. The minimum Gasteiger partial charge on any atom is -0.320 e. The second kappa shape index (κ2) is 8.32. The summed E-state index contributed by atoms with van der Waals surface area (Å²) in [5, 5.41) is 0.735. The van der Waals surface area contributed by atoms with Crippen molar-refractivity contribution >= 4 is 34.6 Å². The van der Waals surface area contributed by atoms with Crippen molar-refractivity contribution < 1.29 is 4.79 Å². The summed E-state index contributed by atoms with van der Waals surface area (Å²) in [6, 6.07) is 27.4. The van der Waals surface area contributed by atoms with Crippen LogP contribution in [0.1, 0.15) is 12.0 Å². The predicted molar refractivity (Wildman–Crippen MR) is 116 cm³/mol. The van der Waals surface area contributed by atoms with E-state index < -0.39 is 0 Å². The Bertz CT molecular complexity index is 929. The van der Waals surface area contributed by atoms with Crippen molar-refractivity contribution in [2.45, 2.75) is 6.42 Å². The van der Waals surface area contributed by atoms with E-state index in [1.54, 1.807) is 4.90 Å². The summed E-state index contributed by atoms with van der Waals surface area (Å²) in [6.45, 7) is 1.27. The smallest absolute Gasteiger partial charge is 0.320 e. The molecule has 4 rings (SSSR count). The van der Waals surface area contributed by atoms with Crippen LogP contribution < -0.4 is 4.90 Å². The molecule has 1 heterocycles. The van der Waals surface area contributed by atoms with Crippen molar-refractivity contribution in [3.05, 3.63) is 102 Å². The highest BCUT2D eigenvalue weighted by Gasteiger charge is 2.25. The van der Waals surface area contributed by atoms with Crippen molar-refractivity contribution in [2.24, 2.45) is 0 Å². The van der Waals surface area contributed by atoms with Gasteiger partial charge in [-0.1, -0.05) is 66.2 Å². The molecule has 1 aliphatic heterocycles. The normalized spacial score (nSPS) is 13.8. The number of carbonyl (C=O) groups excluding carboxylic acids is 1. The molecular formula is C24H21ClN2O. The third kappa shape index (κ3) is 3.95. The number of carbonyl (C=O) groups is 1. The molecule has 28 heavy (non-hydrogen) atoms. The summed E-state index contributed by atoms with van der Waals surface area (Å²) in [4.78, 5) is 17.1. The molecule has 2 amide bonds. The van der Waals surface area contributed by atoms with Gasteiger partial charge in [-0.3, -0.25) is 4.90 Å². The third-order valence-corrected chi connectivity index (χ3v) is 5.17. The number of urea groups is 1. The number of rotatable bonds is 3. The Hall–Kier alpha value is -3.04. The lowest BCUT2D eigenvalue weighted by atomic mass is 10.00. The van der Waals surface area contributed by atoms with Crippen LogP contribution in [0.25, 0.3) is 5.57 Å². The van der Waals surface area contributed by atoms with Gasteiger partial charge in [-0.05, 0) is 54.0 Å². The van der Waals surface area contributed by atoms with Crippen LogP contribution in [0.2, 0.25) is 5.02 Å². The summed E-state index contributed by atoms with van der Waals surface area (Å²) in [5.74, 6) is 0. The number of benzene rings is 3. The zero-order chi connectivity index (χ0) is 19.3. The Morgan fingerprint density at radius 1 is 0.821 bits per heavy atom. The molecular weight excluding hydrogens is 368 g/mol. The molecule has 0 bridgehead atoms. The van der Waals surface area contributed by atoms with Crippen LogP contribution in [0.4, 0.5) is 16.2 Å². The zero-order valence-electron chi connectivity index (χ0n) is 15.5. The van der Waals surface area contributed by atoms with Crippen molar-refractivity contribution in [3.63, 3.8) is 0 Å². The highest BCUT2D eigenvalue weighted by molar-refractivity contribution is 6.30. The predicted octanol–water partition coefficient (Wildman–Crippen LogP) is 6.39. The average molecular weight is 389 g/mol. The number of nitrogens with zero attached hydrogens (tertiary/aromatic N) is 2. The first-order valence-corrected chi connectivity index (χ1v) is 9.74. The highest BCUT2D eigenvalue weighted by Crippen LogP contribution is 2.29. The van der Waals surface area contributed by atoms with Crippen molar-refractivity contribution in [1.82, 2.24) is 4.90 Å². The first kappa shape index (κ1) is 18.3. The standard InChI is InChI=1S/C24H21ClN2O/c25-21-13-11-19(12-14-21)20-15-17-26(18-16-20)24(28)27(22-7-3-1-4-8-22)23-9-5-2-6-10-23/h1-15H,16-18H2. The lowest BCUT2D eigenvalue weighted by Crippen LogP contribution is -2.43. The van der Waals surface area contributed by atoms with Gasteiger partial charge in [0.1, 0.15) is 0 Å². The van der Waals surface area contributed by atoms with Crippen molar-refractivity contribution in [3.8, 4) is 0 Å². The van der Waals surface area contributed by atoms with E-state index in [0.717, 1.165) is 22.8 Å². The Balaban J connectivity index is 1.57. The first-order chi connectivity index (χ1) is 13.7. The molecule has 3 aromatic carbocycles. The second-order valence-electron chi connectivity index (χ2n) is 6.72. The van der Waals surface area contributed by atoms with E-state index in [9.17, 15) is 4.79 Å². The van der Waals surface area contributed by atoms with Gasteiger partial charge in [0.25, 0.3) is 0 Å². The fraction of sp³-hybridized carbons (Fsp3) is 0.125. The van der Waals surface area contributed by atoms with Gasteiger partial charge in [-0.15, -0.1) is 0 Å². The highest BCUT2D eigenvalue weighted by atomic mass is 35.5. The van der Waals surface area contributed by atoms with E-state index in [-0.39, 0.29) is 6.03 Å². The molecule has 0 unspecified atom stereocenters. The van der Waals surface area contributed by atoms with E-state index in [2.05, 4.69) is 6.08 Å². The van der Waals surface area contributed by atoms with Gasteiger partial charge >= 0.3 is 6.03 Å². The van der Waals surface area contributed by atoms with Crippen LogP contribution in [0.15, 0.2) is 91.0 Å². The lowest BCUT2D eigenvalue weighted by Gasteiger charge is -2.33. The lowest BCUT2D eigenvalue weighted by molar-refractivity contribution is 0.212. The molecule has 0 aliphatic carbocycles. The van der Waals surface area contributed by atoms with Crippen molar-refractivity contribution in [1.29, 1.82) is 0 Å². The molecule has 1 aliphatic rings. The zero-order valence-corrected chi connectivity index (χ0v) is 16.2. The fourth-order valence-corrected chi connectivity index (χ4v) is 3.56. The van der Waals surface area contributed by atoms with E-state index in [0.29, 0.717) is 13.1 Å². The molecule has 0 saturated carbocycles. The summed E-state index contributed by atoms with van der Waals surface area (Å²) >= 11 is 5.99. The summed E-state index contributed by atoms with van der Waals surface area (Å²) in [6.07, 6.45) is 2.96. The van der Waals surface area contributed by atoms with Gasteiger partial charge < -0.3 is 4.90 Å². The van der Waals surface area contributed by atoms with Crippen LogP contribution in [0.5, 0.6) is 0 Å². The molecule has 0 fully saturated rings. The van der Waals surface area contributed by atoms with Crippen LogP contribution >= 0.6 is 11.6 Å². The van der Waals surface area contributed by atoms with E-state index in [4.69, 9.17) is 11.6 Å². The van der Waals surface area contributed by atoms with Gasteiger partial charge in [-0.2, -0.15) is 0 Å². The number of amides is 2. The van der Waals surface area contributed by atoms with Gasteiger partial charge in [0.15, 0.2) is 0 Å². The van der Waals surface area contributed by atoms with Crippen LogP contribution in [-0.4, -0.2) is 24.0 Å². The van der Waals surface area contributed by atoms with Crippen LogP contribution in [0.3, 0.4) is 0 Å². The van der Waals surface area contributed by atoms with Gasteiger partial charge in [0.05, 0.1) is 11.4 Å². The third-order valence-electron chi connectivity index (χ3n) is 4.91. The number of anilines is 2. The maximum atomic E-state index is 13.4.